The molecule has 1 aromatic heterocycles. The predicted molar refractivity (Wildman–Crippen MR) is 58.8 cm³/mol. The van der Waals surface area contributed by atoms with E-state index in [-0.39, 0.29) is 5.91 Å². The van der Waals surface area contributed by atoms with Gasteiger partial charge in [0.2, 0.25) is 0 Å². The number of amides is 1. The van der Waals surface area contributed by atoms with E-state index < -0.39 is 0 Å². The van der Waals surface area contributed by atoms with E-state index in [1.54, 1.807) is 0 Å². The highest BCUT2D eigenvalue weighted by Crippen LogP contribution is 2.17. The van der Waals surface area contributed by atoms with Crippen LogP contribution in [-0.4, -0.2) is 28.9 Å². The van der Waals surface area contributed by atoms with Gasteiger partial charge in [0.15, 0.2) is 0 Å². The van der Waals surface area contributed by atoms with E-state index in [0.29, 0.717) is 0 Å². The van der Waals surface area contributed by atoms with Gasteiger partial charge >= 0.3 is 0 Å². The monoisotopic (exact) mass is 200 g/mol. The minimum absolute atomic E-state index is 0.157. The molecule has 0 aliphatic carbocycles. The van der Waals surface area contributed by atoms with Gasteiger partial charge in [-0.3, -0.25) is 4.79 Å². The van der Waals surface area contributed by atoms with E-state index in [0.717, 1.165) is 36.0 Å². The Morgan fingerprint density at radius 1 is 1.27 bits per heavy atom. The average molecular weight is 200 g/mol. The van der Waals surface area contributed by atoms with Crippen molar-refractivity contribution in [3.8, 4) is 0 Å². The van der Waals surface area contributed by atoms with Crippen molar-refractivity contribution in [1.29, 1.82) is 0 Å². The van der Waals surface area contributed by atoms with Crippen LogP contribution < -0.4 is 0 Å². The van der Waals surface area contributed by atoms with E-state index >= 15 is 0 Å². The van der Waals surface area contributed by atoms with E-state index in [2.05, 4.69) is 4.98 Å². The molecule has 1 aliphatic rings. The first-order valence-corrected chi connectivity index (χ1v) is 5.21. The van der Waals surface area contributed by atoms with Crippen LogP contribution in [-0.2, 0) is 0 Å². The molecule has 0 radical (unpaired) electrons. The number of aromatic amines is 1. The summed E-state index contributed by atoms with van der Waals surface area (Å²) in [6.07, 6.45) is 3.03. The number of carbonyl (C=O) groups excluding carboxylic acids is 1. The van der Waals surface area contributed by atoms with Crippen LogP contribution in [0.1, 0.15) is 16.8 Å². The molecule has 0 spiro atoms. The summed E-state index contributed by atoms with van der Waals surface area (Å²) in [5.74, 6) is 0.157. The summed E-state index contributed by atoms with van der Waals surface area (Å²) in [6, 6.07) is 7.79. The summed E-state index contributed by atoms with van der Waals surface area (Å²) in [6.45, 7) is 1.81. The molecule has 2 heterocycles. The fourth-order valence-electron chi connectivity index (χ4n) is 1.89. The summed E-state index contributed by atoms with van der Waals surface area (Å²) < 4.78 is 0. The Hall–Kier alpha value is -1.77. The highest BCUT2D eigenvalue weighted by atomic mass is 16.2. The van der Waals surface area contributed by atoms with Crippen LogP contribution in [0.5, 0.6) is 0 Å². The molecule has 0 bridgehead atoms. The Morgan fingerprint density at radius 3 is 2.87 bits per heavy atom. The van der Waals surface area contributed by atoms with Gasteiger partial charge in [-0.15, -0.1) is 0 Å². The molecule has 3 rings (SSSR count). The zero-order chi connectivity index (χ0) is 10.3. The highest BCUT2D eigenvalue weighted by Gasteiger charge is 2.21. The summed E-state index contributed by atoms with van der Waals surface area (Å²) >= 11 is 0. The number of likely N-dealkylation sites (tertiary alicyclic amines) is 1. The van der Waals surface area contributed by atoms with Gasteiger partial charge in [0.1, 0.15) is 0 Å². The number of nitrogens with zero attached hydrogens (tertiary/aromatic N) is 1. The average Bonchev–Trinajstić information content (AvgIpc) is 2.61. The standard InChI is InChI=1S/C12H12N2O/c15-12(14-6-1-7-14)10-2-3-11-9(8-10)4-5-13-11/h2-5,8,13H,1,6-7H2. The SMILES string of the molecule is O=C(c1ccc2[nH]ccc2c1)N1CCC1. The van der Waals surface area contributed by atoms with E-state index in [1.165, 1.54) is 0 Å². The maximum Gasteiger partial charge on any atom is 0.253 e. The maximum absolute atomic E-state index is 11.9. The van der Waals surface area contributed by atoms with Crippen molar-refractivity contribution >= 4 is 16.8 Å². The fourth-order valence-corrected chi connectivity index (χ4v) is 1.89. The van der Waals surface area contributed by atoms with Crippen molar-refractivity contribution < 1.29 is 4.79 Å². The van der Waals surface area contributed by atoms with Crippen molar-refractivity contribution in [3.05, 3.63) is 36.0 Å². The van der Waals surface area contributed by atoms with Crippen LogP contribution >= 0.6 is 0 Å². The topological polar surface area (TPSA) is 36.1 Å². The predicted octanol–water partition coefficient (Wildman–Crippen LogP) is 2.01. The molecule has 0 atom stereocenters. The molecule has 1 aromatic carbocycles. The second kappa shape index (κ2) is 3.12. The first-order chi connectivity index (χ1) is 7.34. The fraction of sp³-hybridized carbons (Fsp3) is 0.250. The molecular weight excluding hydrogens is 188 g/mol. The van der Waals surface area contributed by atoms with E-state index in [1.807, 2.05) is 35.4 Å². The lowest BCUT2D eigenvalue weighted by molar-refractivity contribution is 0.0652. The third-order valence-corrected chi connectivity index (χ3v) is 2.94. The number of fused-ring (bicyclic) bond motifs is 1. The third-order valence-electron chi connectivity index (χ3n) is 2.94. The second-order valence-electron chi connectivity index (χ2n) is 3.93. The number of hydrogen-bond donors (Lipinski definition) is 1. The van der Waals surface area contributed by atoms with Gasteiger partial charge in [-0.2, -0.15) is 0 Å². The molecule has 2 aromatic rings. The Kier molecular flexibility index (Phi) is 1.78. The van der Waals surface area contributed by atoms with Crippen molar-refractivity contribution in [2.75, 3.05) is 13.1 Å². The normalized spacial score (nSPS) is 15.3. The first-order valence-electron chi connectivity index (χ1n) is 5.21. The molecule has 1 amide bonds. The summed E-state index contributed by atoms with van der Waals surface area (Å²) in [5, 5.41) is 1.10. The van der Waals surface area contributed by atoms with Gasteiger partial charge in [0, 0.05) is 35.8 Å². The van der Waals surface area contributed by atoms with Crippen LogP contribution in [0, 0.1) is 0 Å². The number of rotatable bonds is 1. The molecule has 1 N–H and O–H groups in total. The van der Waals surface area contributed by atoms with Crippen LogP contribution in [0.4, 0.5) is 0 Å². The smallest absolute Gasteiger partial charge is 0.253 e. The van der Waals surface area contributed by atoms with Gasteiger partial charge in [-0.25, -0.2) is 0 Å². The van der Waals surface area contributed by atoms with Crippen molar-refractivity contribution in [3.63, 3.8) is 0 Å². The second-order valence-corrected chi connectivity index (χ2v) is 3.93. The van der Waals surface area contributed by atoms with Gasteiger partial charge in [-0.1, -0.05) is 0 Å². The first kappa shape index (κ1) is 8.53. The third kappa shape index (κ3) is 1.31. The number of nitrogens with one attached hydrogen (secondary N) is 1. The largest absolute Gasteiger partial charge is 0.361 e. The van der Waals surface area contributed by atoms with Crippen LogP contribution in [0.25, 0.3) is 10.9 Å². The minimum atomic E-state index is 0.157. The summed E-state index contributed by atoms with van der Waals surface area (Å²) in [5.41, 5.74) is 1.87. The lowest BCUT2D eigenvalue weighted by Gasteiger charge is -2.30. The zero-order valence-corrected chi connectivity index (χ0v) is 8.36. The van der Waals surface area contributed by atoms with Crippen LogP contribution in [0.2, 0.25) is 0 Å². The number of benzene rings is 1. The molecule has 3 nitrogen and oxygen atoms in total. The number of aromatic nitrogens is 1. The van der Waals surface area contributed by atoms with Gasteiger partial charge in [-0.05, 0) is 30.7 Å². The lowest BCUT2D eigenvalue weighted by atomic mass is 10.1. The van der Waals surface area contributed by atoms with Gasteiger partial charge in [0.05, 0.1) is 0 Å². The van der Waals surface area contributed by atoms with E-state index in [4.69, 9.17) is 0 Å². The molecule has 76 valence electrons. The van der Waals surface area contributed by atoms with Crippen LogP contribution in [0.3, 0.4) is 0 Å². The number of H-pyrrole nitrogens is 1. The Balaban J connectivity index is 1.99. The van der Waals surface area contributed by atoms with Crippen molar-refractivity contribution in [2.45, 2.75) is 6.42 Å². The Labute approximate surface area is 87.7 Å². The molecule has 0 unspecified atom stereocenters. The molecule has 1 saturated heterocycles. The van der Waals surface area contributed by atoms with Crippen LogP contribution in [0.15, 0.2) is 30.5 Å². The molecule has 1 fully saturated rings. The maximum atomic E-state index is 11.9. The van der Waals surface area contributed by atoms with Crippen molar-refractivity contribution in [2.24, 2.45) is 0 Å². The summed E-state index contributed by atoms with van der Waals surface area (Å²) in [7, 11) is 0. The van der Waals surface area contributed by atoms with Gasteiger partial charge in [0.25, 0.3) is 5.91 Å². The molecule has 0 saturated carbocycles. The molecule has 1 aliphatic heterocycles. The Morgan fingerprint density at radius 2 is 2.13 bits per heavy atom. The zero-order valence-electron chi connectivity index (χ0n) is 8.36. The Bertz CT molecular complexity index is 511. The van der Waals surface area contributed by atoms with Crippen molar-refractivity contribution in [1.82, 2.24) is 9.88 Å². The number of carbonyl (C=O) groups is 1. The lowest BCUT2D eigenvalue weighted by Crippen LogP contribution is -2.41. The quantitative estimate of drug-likeness (QED) is 0.751. The molecule has 15 heavy (non-hydrogen) atoms. The number of hydrogen-bond acceptors (Lipinski definition) is 1. The molecular formula is C12H12N2O. The highest BCUT2D eigenvalue weighted by molar-refractivity contribution is 5.98. The van der Waals surface area contributed by atoms with Gasteiger partial charge < -0.3 is 9.88 Å². The molecule has 3 heteroatoms. The summed E-state index contributed by atoms with van der Waals surface area (Å²) in [4.78, 5) is 16.9. The van der Waals surface area contributed by atoms with E-state index in [9.17, 15) is 4.79 Å². The minimum Gasteiger partial charge on any atom is -0.361 e.